The van der Waals surface area contributed by atoms with Crippen LogP contribution in [-0.2, 0) is 0 Å². The summed E-state index contributed by atoms with van der Waals surface area (Å²) in [6.45, 7) is 9.31. The van der Waals surface area contributed by atoms with Gasteiger partial charge < -0.3 is 4.90 Å². The normalized spacial score (nSPS) is 16.8. The van der Waals surface area contributed by atoms with E-state index in [-0.39, 0.29) is 0 Å². The van der Waals surface area contributed by atoms with E-state index in [1.54, 1.807) is 0 Å². The molecule has 0 N–H and O–H groups in total. The molecule has 0 amide bonds. The third kappa shape index (κ3) is 5.32. The van der Waals surface area contributed by atoms with Crippen molar-refractivity contribution in [1.29, 1.82) is 0 Å². The molecule has 90 valence electrons. The first-order chi connectivity index (χ1) is 7.70. The molecular weight excluding hydrogens is 194 g/mol. The van der Waals surface area contributed by atoms with Gasteiger partial charge in [0.15, 0.2) is 0 Å². The van der Waals surface area contributed by atoms with Gasteiger partial charge in [0.05, 0.1) is 0 Å². The van der Waals surface area contributed by atoms with E-state index in [0.29, 0.717) is 0 Å². The molecule has 1 aliphatic rings. The Hall–Kier alpha value is -0.820. The van der Waals surface area contributed by atoms with Crippen LogP contribution in [0.25, 0.3) is 0 Å². The molecule has 1 aromatic carbocycles. The Morgan fingerprint density at radius 1 is 0.938 bits per heavy atom. The zero-order chi connectivity index (χ0) is 11.8. The first kappa shape index (κ1) is 13.2. The minimum atomic E-state index is 0.769. The van der Waals surface area contributed by atoms with Crippen LogP contribution >= 0.6 is 0 Å². The third-order valence-corrected chi connectivity index (χ3v) is 3.06. The highest BCUT2D eigenvalue weighted by Gasteiger charge is 2.11. The van der Waals surface area contributed by atoms with Crippen LogP contribution in [0.2, 0.25) is 0 Å². The quantitative estimate of drug-likeness (QED) is 0.693. The van der Waals surface area contributed by atoms with Gasteiger partial charge in [0.1, 0.15) is 0 Å². The largest absolute Gasteiger partial charge is 0.301 e. The van der Waals surface area contributed by atoms with E-state index in [1.165, 1.54) is 37.9 Å². The first-order valence-electron chi connectivity index (χ1n) is 6.46. The molecule has 2 rings (SSSR count). The summed E-state index contributed by atoms with van der Waals surface area (Å²) in [4.78, 5) is 2.56. The second kappa shape index (κ2) is 7.45. The number of piperidine rings is 1. The van der Waals surface area contributed by atoms with E-state index in [1.807, 2.05) is 18.2 Å². The van der Waals surface area contributed by atoms with Crippen molar-refractivity contribution in [2.75, 3.05) is 13.1 Å². The maximum atomic E-state index is 2.56. The molecule has 1 heterocycles. The zero-order valence-electron chi connectivity index (χ0n) is 10.9. The fourth-order valence-corrected chi connectivity index (χ4v) is 1.97. The standard InChI is InChI=1S/C8H17N.C7H8/c1-8(2)9-6-4-3-5-7-9;1-7-5-3-2-4-6-7/h8H,3-7H2,1-2H3;2-6H,1H3. The lowest BCUT2D eigenvalue weighted by Gasteiger charge is -2.29. The van der Waals surface area contributed by atoms with Gasteiger partial charge in [-0.25, -0.2) is 0 Å². The topological polar surface area (TPSA) is 3.24 Å². The molecule has 1 aliphatic heterocycles. The maximum absolute atomic E-state index is 2.56. The van der Waals surface area contributed by atoms with Crippen molar-refractivity contribution in [2.45, 2.75) is 46.1 Å². The van der Waals surface area contributed by atoms with Crippen LogP contribution in [0.5, 0.6) is 0 Å². The fourth-order valence-electron chi connectivity index (χ4n) is 1.97. The lowest BCUT2D eigenvalue weighted by Crippen LogP contribution is -2.35. The van der Waals surface area contributed by atoms with Crippen LogP contribution in [0, 0.1) is 6.92 Å². The molecule has 0 saturated carbocycles. The SMILES string of the molecule is CC(C)N1CCCCC1.Cc1ccccc1. The van der Waals surface area contributed by atoms with Crippen molar-refractivity contribution in [3.05, 3.63) is 35.9 Å². The molecule has 0 aromatic heterocycles. The molecular formula is C15H25N. The zero-order valence-corrected chi connectivity index (χ0v) is 10.9. The number of nitrogens with zero attached hydrogens (tertiary/aromatic N) is 1. The van der Waals surface area contributed by atoms with Crippen LogP contribution in [0.1, 0.15) is 38.7 Å². The van der Waals surface area contributed by atoms with Crippen LogP contribution in [0.4, 0.5) is 0 Å². The Morgan fingerprint density at radius 3 is 1.81 bits per heavy atom. The lowest BCUT2D eigenvalue weighted by molar-refractivity contribution is 0.185. The maximum Gasteiger partial charge on any atom is 0.00385 e. The summed E-state index contributed by atoms with van der Waals surface area (Å²) in [6, 6.07) is 11.0. The van der Waals surface area contributed by atoms with E-state index in [0.717, 1.165) is 6.04 Å². The Balaban J connectivity index is 0.000000165. The van der Waals surface area contributed by atoms with Crippen molar-refractivity contribution in [1.82, 2.24) is 4.90 Å². The van der Waals surface area contributed by atoms with Crippen LogP contribution < -0.4 is 0 Å². The van der Waals surface area contributed by atoms with Gasteiger partial charge in [-0.3, -0.25) is 0 Å². The molecule has 1 nitrogen and oxygen atoms in total. The van der Waals surface area contributed by atoms with Crippen molar-refractivity contribution in [3.63, 3.8) is 0 Å². The smallest absolute Gasteiger partial charge is 0.00385 e. The predicted octanol–water partition coefficient (Wildman–Crippen LogP) is 3.88. The molecule has 0 aliphatic carbocycles. The van der Waals surface area contributed by atoms with Gasteiger partial charge in [0.2, 0.25) is 0 Å². The number of hydrogen-bond acceptors (Lipinski definition) is 1. The van der Waals surface area contributed by atoms with Crippen LogP contribution in [-0.4, -0.2) is 24.0 Å². The summed E-state index contributed by atoms with van der Waals surface area (Å²) >= 11 is 0. The molecule has 0 unspecified atom stereocenters. The minimum absolute atomic E-state index is 0.769. The van der Waals surface area contributed by atoms with Gasteiger partial charge in [-0.1, -0.05) is 42.3 Å². The van der Waals surface area contributed by atoms with Gasteiger partial charge in [0, 0.05) is 6.04 Å². The van der Waals surface area contributed by atoms with E-state index in [9.17, 15) is 0 Å². The molecule has 0 spiro atoms. The average molecular weight is 219 g/mol. The van der Waals surface area contributed by atoms with E-state index >= 15 is 0 Å². The fraction of sp³-hybridized carbons (Fsp3) is 0.600. The van der Waals surface area contributed by atoms with Gasteiger partial charge >= 0.3 is 0 Å². The molecule has 16 heavy (non-hydrogen) atoms. The van der Waals surface area contributed by atoms with Gasteiger partial charge in [-0.2, -0.15) is 0 Å². The van der Waals surface area contributed by atoms with Crippen molar-refractivity contribution in [2.24, 2.45) is 0 Å². The summed E-state index contributed by atoms with van der Waals surface area (Å²) < 4.78 is 0. The molecule has 1 aromatic rings. The number of rotatable bonds is 1. The van der Waals surface area contributed by atoms with Gasteiger partial charge in [0.25, 0.3) is 0 Å². The van der Waals surface area contributed by atoms with E-state index < -0.39 is 0 Å². The summed E-state index contributed by atoms with van der Waals surface area (Å²) in [5, 5.41) is 0. The highest BCUT2D eigenvalue weighted by atomic mass is 15.1. The third-order valence-electron chi connectivity index (χ3n) is 3.06. The molecule has 1 saturated heterocycles. The molecule has 0 atom stereocenters. The van der Waals surface area contributed by atoms with Crippen LogP contribution in [0.15, 0.2) is 30.3 Å². The molecule has 0 radical (unpaired) electrons. The Bertz CT molecular complexity index is 260. The Kier molecular flexibility index (Phi) is 6.17. The summed E-state index contributed by atoms with van der Waals surface area (Å²) in [5.74, 6) is 0. The van der Waals surface area contributed by atoms with Gasteiger partial charge in [-0.15, -0.1) is 0 Å². The highest BCUT2D eigenvalue weighted by Crippen LogP contribution is 2.10. The minimum Gasteiger partial charge on any atom is -0.301 e. The summed E-state index contributed by atoms with van der Waals surface area (Å²) in [7, 11) is 0. The monoisotopic (exact) mass is 219 g/mol. The molecule has 0 bridgehead atoms. The summed E-state index contributed by atoms with van der Waals surface area (Å²) in [5.41, 5.74) is 1.32. The van der Waals surface area contributed by atoms with Crippen molar-refractivity contribution >= 4 is 0 Å². The highest BCUT2D eigenvalue weighted by molar-refractivity contribution is 5.11. The summed E-state index contributed by atoms with van der Waals surface area (Å²) in [6.07, 6.45) is 4.28. The van der Waals surface area contributed by atoms with Crippen LogP contribution in [0.3, 0.4) is 0 Å². The first-order valence-corrected chi connectivity index (χ1v) is 6.46. The number of benzene rings is 1. The molecule has 1 heteroatoms. The van der Waals surface area contributed by atoms with E-state index in [2.05, 4.69) is 37.8 Å². The Labute approximate surface area is 100 Å². The second-order valence-electron chi connectivity index (χ2n) is 4.85. The number of likely N-dealkylation sites (tertiary alicyclic amines) is 1. The van der Waals surface area contributed by atoms with Crippen molar-refractivity contribution < 1.29 is 0 Å². The lowest BCUT2D eigenvalue weighted by atomic mass is 10.1. The van der Waals surface area contributed by atoms with Crippen molar-refractivity contribution in [3.8, 4) is 0 Å². The average Bonchev–Trinajstić information content (AvgIpc) is 2.32. The van der Waals surface area contributed by atoms with Gasteiger partial charge in [-0.05, 0) is 46.7 Å². The Morgan fingerprint density at radius 2 is 1.50 bits per heavy atom. The van der Waals surface area contributed by atoms with E-state index in [4.69, 9.17) is 0 Å². The number of hydrogen-bond donors (Lipinski definition) is 0. The molecule has 1 fully saturated rings. The second-order valence-corrected chi connectivity index (χ2v) is 4.85. The predicted molar refractivity (Wildman–Crippen MR) is 71.7 cm³/mol. The number of aryl methyl sites for hydroxylation is 1.